The number of carboxylic acids is 1. The number of hydrogen-bond acceptors (Lipinski definition) is 5. The first-order valence-electron chi connectivity index (χ1n) is 9.60. The fraction of sp³-hybridized carbons (Fsp3) is 0.120. The number of hydrogen-bond donors (Lipinski definition) is 1. The number of methoxy groups -OCH3 is 2. The summed E-state index contributed by atoms with van der Waals surface area (Å²) in [5.74, 6) is 0.461. The van der Waals surface area contributed by atoms with Crippen molar-refractivity contribution in [3.05, 3.63) is 83.4 Å². The summed E-state index contributed by atoms with van der Waals surface area (Å²) in [5.41, 5.74) is 2.71. The lowest BCUT2D eigenvalue weighted by atomic mass is 9.96. The van der Waals surface area contributed by atoms with Crippen LogP contribution in [-0.2, 0) is 11.2 Å². The van der Waals surface area contributed by atoms with Crippen LogP contribution < -0.4 is 9.47 Å². The largest absolute Gasteiger partial charge is 0.497 e. The van der Waals surface area contributed by atoms with Crippen molar-refractivity contribution in [3.63, 3.8) is 0 Å². The summed E-state index contributed by atoms with van der Waals surface area (Å²) < 4.78 is 11.6. The number of thiophene rings is 1. The van der Waals surface area contributed by atoms with Gasteiger partial charge in [-0.2, -0.15) is 0 Å². The summed E-state index contributed by atoms with van der Waals surface area (Å²) in [6.07, 6.45) is -0.0766. The van der Waals surface area contributed by atoms with Crippen LogP contribution in [0, 0.1) is 0 Å². The van der Waals surface area contributed by atoms with E-state index in [0.717, 1.165) is 32.0 Å². The SMILES string of the molecule is COc1ccc(-c2sc3cc(OC)ccc3c2C(=O)c2ccc(CC(=O)O)cc2)cc1. The van der Waals surface area contributed by atoms with Crippen LogP contribution >= 0.6 is 11.3 Å². The topological polar surface area (TPSA) is 72.8 Å². The molecule has 0 atom stereocenters. The number of carboxylic acid groups (broad SMARTS) is 1. The summed E-state index contributed by atoms with van der Waals surface area (Å²) in [7, 11) is 3.23. The molecule has 31 heavy (non-hydrogen) atoms. The van der Waals surface area contributed by atoms with Gasteiger partial charge in [-0.15, -0.1) is 11.3 Å². The van der Waals surface area contributed by atoms with E-state index in [1.54, 1.807) is 38.5 Å². The quantitative estimate of drug-likeness (QED) is 0.394. The Morgan fingerprint density at radius 2 is 1.52 bits per heavy atom. The van der Waals surface area contributed by atoms with Crippen LogP contribution in [-0.4, -0.2) is 31.1 Å². The minimum absolute atomic E-state index is 0.0766. The number of aliphatic carboxylic acids is 1. The highest BCUT2D eigenvalue weighted by Gasteiger charge is 2.22. The van der Waals surface area contributed by atoms with Gasteiger partial charge in [0.05, 0.1) is 20.6 Å². The first-order chi connectivity index (χ1) is 15.0. The molecule has 1 aromatic heterocycles. The van der Waals surface area contributed by atoms with Crippen LogP contribution in [0.2, 0.25) is 0 Å². The van der Waals surface area contributed by atoms with Crippen molar-refractivity contribution < 1.29 is 24.2 Å². The van der Waals surface area contributed by atoms with Gasteiger partial charge in [0, 0.05) is 26.1 Å². The molecule has 6 heteroatoms. The fourth-order valence-electron chi connectivity index (χ4n) is 3.47. The smallest absolute Gasteiger partial charge is 0.307 e. The molecule has 1 heterocycles. The molecule has 4 aromatic rings. The van der Waals surface area contributed by atoms with Crippen LogP contribution in [0.4, 0.5) is 0 Å². The molecular weight excluding hydrogens is 412 g/mol. The van der Waals surface area contributed by atoms with E-state index in [4.69, 9.17) is 14.6 Å². The first-order valence-corrected chi connectivity index (χ1v) is 10.4. The normalized spacial score (nSPS) is 10.8. The highest BCUT2D eigenvalue weighted by atomic mass is 32.1. The second-order valence-electron chi connectivity index (χ2n) is 6.99. The second-order valence-corrected chi connectivity index (χ2v) is 8.05. The molecule has 3 aromatic carbocycles. The molecule has 0 bridgehead atoms. The number of ketones is 1. The minimum atomic E-state index is -0.904. The Labute approximate surface area is 183 Å². The Kier molecular flexibility index (Phi) is 5.73. The van der Waals surface area contributed by atoms with E-state index in [0.29, 0.717) is 16.7 Å². The molecule has 0 unspecified atom stereocenters. The summed E-state index contributed by atoms with van der Waals surface area (Å²) in [4.78, 5) is 25.4. The zero-order valence-electron chi connectivity index (χ0n) is 17.0. The van der Waals surface area contributed by atoms with E-state index >= 15 is 0 Å². The Balaban J connectivity index is 1.84. The van der Waals surface area contributed by atoms with Crippen molar-refractivity contribution in [1.29, 1.82) is 0 Å². The molecule has 156 valence electrons. The Hall–Kier alpha value is -3.64. The van der Waals surface area contributed by atoms with E-state index in [9.17, 15) is 9.59 Å². The number of ether oxygens (including phenoxy) is 2. The van der Waals surface area contributed by atoms with Gasteiger partial charge in [-0.1, -0.05) is 24.3 Å². The summed E-state index contributed by atoms with van der Waals surface area (Å²) in [5, 5.41) is 9.83. The van der Waals surface area contributed by atoms with Crippen molar-refractivity contribution >= 4 is 33.2 Å². The fourth-order valence-corrected chi connectivity index (χ4v) is 4.70. The molecule has 0 aliphatic carbocycles. The average molecular weight is 432 g/mol. The lowest BCUT2D eigenvalue weighted by Gasteiger charge is -2.07. The van der Waals surface area contributed by atoms with Gasteiger partial charge in [-0.05, 0) is 53.6 Å². The van der Waals surface area contributed by atoms with Crippen molar-refractivity contribution in [3.8, 4) is 21.9 Å². The van der Waals surface area contributed by atoms with E-state index in [1.165, 1.54) is 11.3 Å². The lowest BCUT2D eigenvalue weighted by Crippen LogP contribution is -2.04. The molecule has 0 spiro atoms. The Morgan fingerprint density at radius 1 is 0.871 bits per heavy atom. The Bertz CT molecular complexity index is 1250. The van der Waals surface area contributed by atoms with Gasteiger partial charge in [0.15, 0.2) is 5.78 Å². The van der Waals surface area contributed by atoms with Crippen LogP contribution in [0.15, 0.2) is 66.7 Å². The Morgan fingerprint density at radius 3 is 2.13 bits per heavy atom. The van der Waals surface area contributed by atoms with Crippen LogP contribution in [0.1, 0.15) is 21.5 Å². The average Bonchev–Trinajstić information content (AvgIpc) is 3.17. The third-order valence-corrected chi connectivity index (χ3v) is 6.25. The second kappa shape index (κ2) is 8.62. The van der Waals surface area contributed by atoms with E-state index in [1.807, 2.05) is 42.5 Å². The molecule has 0 radical (unpaired) electrons. The highest BCUT2D eigenvalue weighted by molar-refractivity contribution is 7.22. The van der Waals surface area contributed by atoms with Crippen molar-refractivity contribution in [2.45, 2.75) is 6.42 Å². The van der Waals surface area contributed by atoms with Gasteiger partial charge in [0.25, 0.3) is 0 Å². The van der Waals surface area contributed by atoms with Crippen molar-refractivity contribution in [2.75, 3.05) is 14.2 Å². The number of benzene rings is 3. The molecule has 0 saturated carbocycles. The monoisotopic (exact) mass is 432 g/mol. The number of rotatable bonds is 7. The maximum absolute atomic E-state index is 13.6. The van der Waals surface area contributed by atoms with E-state index < -0.39 is 5.97 Å². The van der Waals surface area contributed by atoms with Gasteiger partial charge in [-0.25, -0.2) is 0 Å². The van der Waals surface area contributed by atoms with Crippen LogP contribution in [0.5, 0.6) is 11.5 Å². The van der Waals surface area contributed by atoms with E-state index in [-0.39, 0.29) is 12.2 Å². The molecule has 5 nitrogen and oxygen atoms in total. The van der Waals surface area contributed by atoms with Gasteiger partial charge in [-0.3, -0.25) is 9.59 Å². The minimum Gasteiger partial charge on any atom is -0.497 e. The van der Waals surface area contributed by atoms with Gasteiger partial charge >= 0.3 is 5.97 Å². The zero-order valence-corrected chi connectivity index (χ0v) is 17.9. The standard InChI is InChI=1S/C25H20O5S/c1-29-18-9-7-17(8-10-18)25-23(20-12-11-19(30-2)14-21(20)31-25)24(28)16-5-3-15(4-6-16)13-22(26)27/h3-12,14H,13H2,1-2H3,(H,26,27). The summed E-state index contributed by atoms with van der Waals surface area (Å²) >= 11 is 1.54. The van der Waals surface area contributed by atoms with E-state index in [2.05, 4.69) is 0 Å². The molecule has 0 aliphatic heterocycles. The molecule has 0 aliphatic rings. The predicted octanol–water partition coefficient (Wildman–Crippen LogP) is 5.44. The van der Waals surface area contributed by atoms with Crippen LogP contribution in [0.3, 0.4) is 0 Å². The summed E-state index contributed by atoms with van der Waals surface area (Å²) in [6, 6.07) is 20.0. The molecular formula is C25H20O5S. The summed E-state index contributed by atoms with van der Waals surface area (Å²) in [6.45, 7) is 0. The lowest BCUT2D eigenvalue weighted by molar-refractivity contribution is -0.136. The molecule has 0 amide bonds. The molecule has 1 N–H and O–H groups in total. The number of carbonyl (C=O) groups is 2. The maximum Gasteiger partial charge on any atom is 0.307 e. The van der Waals surface area contributed by atoms with Crippen molar-refractivity contribution in [2.24, 2.45) is 0 Å². The molecule has 4 rings (SSSR count). The molecule has 0 fully saturated rings. The first kappa shape index (κ1) is 20.6. The predicted molar refractivity (Wildman–Crippen MR) is 122 cm³/mol. The third kappa shape index (κ3) is 4.15. The van der Waals surface area contributed by atoms with Gasteiger partial charge in [0.1, 0.15) is 11.5 Å². The van der Waals surface area contributed by atoms with Crippen LogP contribution in [0.25, 0.3) is 20.5 Å². The number of fused-ring (bicyclic) bond motifs is 1. The third-order valence-electron chi connectivity index (χ3n) is 5.05. The van der Waals surface area contributed by atoms with Crippen molar-refractivity contribution in [1.82, 2.24) is 0 Å². The molecule has 0 saturated heterocycles. The number of carbonyl (C=O) groups excluding carboxylic acids is 1. The van der Waals surface area contributed by atoms with Gasteiger partial charge in [0.2, 0.25) is 0 Å². The maximum atomic E-state index is 13.6. The highest BCUT2D eigenvalue weighted by Crippen LogP contribution is 2.41. The van der Waals surface area contributed by atoms with Gasteiger partial charge < -0.3 is 14.6 Å². The zero-order chi connectivity index (χ0) is 22.0.